The van der Waals surface area contributed by atoms with Crippen molar-refractivity contribution in [2.75, 3.05) is 6.54 Å². The molecule has 0 saturated carbocycles. The van der Waals surface area contributed by atoms with Crippen molar-refractivity contribution in [3.05, 3.63) is 0 Å². The first-order chi connectivity index (χ1) is 5.23. The van der Waals surface area contributed by atoms with Crippen molar-refractivity contribution in [2.24, 2.45) is 0 Å². The zero-order valence-electron chi connectivity index (χ0n) is 6.93. The highest BCUT2D eigenvalue weighted by atomic mass is 16.3. The average Bonchev–Trinajstić information content (AvgIpc) is 2.55. The molecule has 11 heavy (non-hydrogen) atoms. The van der Waals surface area contributed by atoms with Crippen LogP contribution in [0.25, 0.3) is 0 Å². The van der Waals surface area contributed by atoms with E-state index < -0.39 is 5.60 Å². The molecule has 2 nitrogen and oxygen atoms in total. The molecule has 0 aromatic heterocycles. The Morgan fingerprint density at radius 3 is 2.91 bits per heavy atom. The van der Waals surface area contributed by atoms with Gasteiger partial charge < -0.3 is 10.4 Å². The average molecular weight is 153 g/mol. The number of hydrogen-bond acceptors (Lipinski definition) is 2. The third-order valence-corrected chi connectivity index (χ3v) is 2.43. The van der Waals surface area contributed by atoms with Crippen LogP contribution in [0.2, 0.25) is 0 Å². The molecule has 1 fully saturated rings. The van der Waals surface area contributed by atoms with Gasteiger partial charge in [-0.05, 0) is 25.8 Å². The Hall–Kier alpha value is -0.520. The monoisotopic (exact) mass is 153 g/mol. The highest BCUT2D eigenvalue weighted by Gasteiger charge is 2.34. The van der Waals surface area contributed by atoms with Crippen molar-refractivity contribution in [1.82, 2.24) is 5.32 Å². The van der Waals surface area contributed by atoms with Crippen molar-refractivity contribution >= 4 is 0 Å². The van der Waals surface area contributed by atoms with Crippen LogP contribution in [0, 0.1) is 12.3 Å². The molecule has 62 valence electrons. The van der Waals surface area contributed by atoms with Crippen molar-refractivity contribution in [2.45, 2.75) is 37.8 Å². The minimum atomic E-state index is -0.920. The predicted octanol–water partition coefficient (Wildman–Crippen LogP) is 0.513. The van der Waals surface area contributed by atoms with Gasteiger partial charge in [-0.3, -0.25) is 0 Å². The van der Waals surface area contributed by atoms with E-state index in [2.05, 4.69) is 11.2 Å². The van der Waals surface area contributed by atoms with Crippen LogP contribution < -0.4 is 5.32 Å². The Morgan fingerprint density at radius 1 is 1.82 bits per heavy atom. The maximum absolute atomic E-state index is 9.83. The molecule has 1 saturated heterocycles. The van der Waals surface area contributed by atoms with Crippen LogP contribution in [0.3, 0.4) is 0 Å². The van der Waals surface area contributed by atoms with Crippen LogP contribution in [0.5, 0.6) is 0 Å². The predicted molar refractivity (Wildman–Crippen MR) is 45.1 cm³/mol. The van der Waals surface area contributed by atoms with Gasteiger partial charge in [0.05, 0.1) is 0 Å². The molecule has 0 radical (unpaired) electrons. The van der Waals surface area contributed by atoms with E-state index in [0.29, 0.717) is 6.42 Å². The molecule has 2 heteroatoms. The normalized spacial score (nSPS) is 29.4. The molecule has 1 rings (SSSR count). The first kappa shape index (κ1) is 8.58. The first-order valence-corrected chi connectivity index (χ1v) is 4.16. The Balaban J connectivity index is 2.61. The second-order valence-corrected chi connectivity index (χ2v) is 3.07. The highest BCUT2D eigenvalue weighted by molar-refractivity contribution is 5.13. The minimum Gasteiger partial charge on any atom is -0.376 e. The third-order valence-electron chi connectivity index (χ3n) is 2.43. The van der Waals surface area contributed by atoms with E-state index in [1.807, 2.05) is 6.92 Å². The van der Waals surface area contributed by atoms with Gasteiger partial charge in [0.2, 0.25) is 0 Å². The lowest BCUT2D eigenvalue weighted by Crippen LogP contribution is -2.46. The Morgan fingerprint density at radius 2 is 2.55 bits per heavy atom. The summed E-state index contributed by atoms with van der Waals surface area (Å²) in [5.41, 5.74) is -0.920. The second kappa shape index (κ2) is 3.25. The molecule has 0 aliphatic carbocycles. The first-order valence-electron chi connectivity index (χ1n) is 4.16. The summed E-state index contributed by atoms with van der Waals surface area (Å²) in [7, 11) is 0. The zero-order valence-corrected chi connectivity index (χ0v) is 6.93. The SMILES string of the molecule is C#CC(O)(CC)C1CCCN1. The summed E-state index contributed by atoms with van der Waals surface area (Å²) in [5, 5.41) is 13.0. The van der Waals surface area contributed by atoms with Crippen LogP contribution in [0.4, 0.5) is 0 Å². The molecule has 2 unspecified atom stereocenters. The van der Waals surface area contributed by atoms with Crippen molar-refractivity contribution in [3.63, 3.8) is 0 Å². The van der Waals surface area contributed by atoms with Gasteiger partial charge in [-0.15, -0.1) is 6.42 Å². The summed E-state index contributed by atoms with van der Waals surface area (Å²) < 4.78 is 0. The summed E-state index contributed by atoms with van der Waals surface area (Å²) in [5.74, 6) is 2.46. The molecular formula is C9H15NO. The molecular weight excluding hydrogens is 138 g/mol. The van der Waals surface area contributed by atoms with Gasteiger partial charge >= 0.3 is 0 Å². The van der Waals surface area contributed by atoms with Crippen molar-refractivity contribution in [3.8, 4) is 12.3 Å². The summed E-state index contributed by atoms with van der Waals surface area (Å²) >= 11 is 0. The quantitative estimate of drug-likeness (QED) is 0.567. The number of terminal acetylenes is 1. The molecule has 0 bridgehead atoms. The number of aliphatic hydroxyl groups is 1. The van der Waals surface area contributed by atoms with E-state index in [9.17, 15) is 5.11 Å². The summed E-state index contributed by atoms with van der Waals surface area (Å²) in [6.07, 6.45) is 8.00. The molecule has 0 amide bonds. The standard InChI is InChI=1S/C9H15NO/c1-3-9(11,4-2)8-6-5-7-10-8/h1,8,10-11H,4-7H2,2H3. The van der Waals surface area contributed by atoms with E-state index in [4.69, 9.17) is 6.42 Å². The van der Waals surface area contributed by atoms with Crippen LogP contribution in [0.15, 0.2) is 0 Å². The fraction of sp³-hybridized carbons (Fsp3) is 0.778. The molecule has 1 aliphatic rings. The van der Waals surface area contributed by atoms with Crippen LogP contribution in [0.1, 0.15) is 26.2 Å². The Kier molecular flexibility index (Phi) is 2.53. The Labute approximate surface area is 68.0 Å². The van der Waals surface area contributed by atoms with Crippen molar-refractivity contribution < 1.29 is 5.11 Å². The van der Waals surface area contributed by atoms with Gasteiger partial charge in [-0.25, -0.2) is 0 Å². The number of rotatable bonds is 2. The molecule has 1 aliphatic heterocycles. The highest BCUT2D eigenvalue weighted by Crippen LogP contribution is 2.21. The van der Waals surface area contributed by atoms with Gasteiger partial charge in [0.15, 0.2) is 0 Å². The topological polar surface area (TPSA) is 32.3 Å². The van der Waals surface area contributed by atoms with Gasteiger partial charge in [-0.2, -0.15) is 0 Å². The van der Waals surface area contributed by atoms with Gasteiger partial charge in [0, 0.05) is 6.04 Å². The van der Waals surface area contributed by atoms with Gasteiger partial charge in [-0.1, -0.05) is 12.8 Å². The van der Waals surface area contributed by atoms with E-state index in [1.165, 1.54) is 0 Å². The third kappa shape index (κ3) is 1.55. The minimum absolute atomic E-state index is 0.109. The second-order valence-electron chi connectivity index (χ2n) is 3.07. The van der Waals surface area contributed by atoms with E-state index in [0.717, 1.165) is 19.4 Å². The summed E-state index contributed by atoms with van der Waals surface area (Å²) in [6, 6.07) is 0.109. The molecule has 0 aromatic rings. The maximum atomic E-state index is 9.83. The lowest BCUT2D eigenvalue weighted by molar-refractivity contribution is 0.0614. The number of hydrogen-bond donors (Lipinski definition) is 2. The fourth-order valence-corrected chi connectivity index (χ4v) is 1.54. The van der Waals surface area contributed by atoms with E-state index >= 15 is 0 Å². The molecule has 1 heterocycles. The van der Waals surface area contributed by atoms with Crippen molar-refractivity contribution in [1.29, 1.82) is 0 Å². The zero-order chi connectivity index (χ0) is 8.32. The van der Waals surface area contributed by atoms with E-state index in [1.54, 1.807) is 0 Å². The van der Waals surface area contributed by atoms with E-state index in [-0.39, 0.29) is 6.04 Å². The Bertz CT molecular complexity index is 167. The number of nitrogens with one attached hydrogen (secondary N) is 1. The van der Waals surface area contributed by atoms with Gasteiger partial charge in [0.1, 0.15) is 5.60 Å². The van der Waals surface area contributed by atoms with Crippen LogP contribution in [-0.4, -0.2) is 23.3 Å². The van der Waals surface area contributed by atoms with Crippen LogP contribution >= 0.6 is 0 Å². The summed E-state index contributed by atoms with van der Waals surface area (Å²) in [4.78, 5) is 0. The molecule has 0 aromatic carbocycles. The van der Waals surface area contributed by atoms with Crippen LogP contribution in [-0.2, 0) is 0 Å². The lowest BCUT2D eigenvalue weighted by Gasteiger charge is -2.27. The molecule has 2 N–H and O–H groups in total. The maximum Gasteiger partial charge on any atom is 0.140 e. The largest absolute Gasteiger partial charge is 0.376 e. The summed E-state index contributed by atoms with van der Waals surface area (Å²) in [6.45, 7) is 2.90. The lowest BCUT2D eigenvalue weighted by atomic mass is 9.91. The smallest absolute Gasteiger partial charge is 0.140 e. The molecule has 0 spiro atoms. The van der Waals surface area contributed by atoms with Gasteiger partial charge in [0.25, 0.3) is 0 Å². The fourth-order valence-electron chi connectivity index (χ4n) is 1.54. The molecule has 2 atom stereocenters.